The van der Waals surface area contributed by atoms with Crippen molar-refractivity contribution >= 4 is 11.5 Å². The highest BCUT2D eigenvalue weighted by Gasteiger charge is 2.41. The Morgan fingerprint density at radius 3 is 2.55 bits per heavy atom. The van der Waals surface area contributed by atoms with Crippen LogP contribution in [0.5, 0.6) is 0 Å². The first kappa shape index (κ1) is 20.3. The van der Waals surface area contributed by atoms with Crippen molar-refractivity contribution in [3.05, 3.63) is 46.5 Å². The molecule has 0 bridgehead atoms. The van der Waals surface area contributed by atoms with Crippen molar-refractivity contribution in [3.8, 4) is 11.3 Å². The molecule has 1 aromatic heterocycles. The topological polar surface area (TPSA) is 93.4 Å². The van der Waals surface area contributed by atoms with Crippen molar-refractivity contribution < 1.29 is 9.66 Å². The van der Waals surface area contributed by atoms with E-state index in [1.807, 2.05) is 18.2 Å². The van der Waals surface area contributed by atoms with Crippen molar-refractivity contribution in [2.75, 3.05) is 38.2 Å². The molecule has 31 heavy (non-hydrogen) atoms. The molecule has 3 atom stereocenters. The number of nitro benzene ring substituents is 1. The Bertz CT molecular complexity index is 902. The molecule has 164 valence electrons. The third-order valence-electron chi connectivity index (χ3n) is 7.05. The maximum Gasteiger partial charge on any atom is 0.270 e. The molecule has 3 heterocycles. The fourth-order valence-corrected chi connectivity index (χ4v) is 5.51. The summed E-state index contributed by atoms with van der Waals surface area (Å²) in [6.45, 7) is 5.53. The van der Waals surface area contributed by atoms with Crippen LogP contribution >= 0.6 is 0 Å². The zero-order chi connectivity index (χ0) is 21.2. The molecule has 1 aromatic carbocycles. The van der Waals surface area contributed by atoms with E-state index in [0.717, 1.165) is 36.8 Å². The summed E-state index contributed by atoms with van der Waals surface area (Å²) in [7, 11) is 0. The number of nitrogens with zero attached hydrogens (tertiary/aromatic N) is 4. The van der Waals surface area contributed by atoms with Gasteiger partial charge in [-0.3, -0.25) is 10.1 Å². The summed E-state index contributed by atoms with van der Waals surface area (Å²) in [5.74, 6) is 3.13. The van der Waals surface area contributed by atoms with Crippen LogP contribution in [0.3, 0.4) is 0 Å². The fraction of sp³-hybridized carbons (Fsp3) is 0.565. The summed E-state index contributed by atoms with van der Waals surface area (Å²) in [5, 5.41) is 23.2. The van der Waals surface area contributed by atoms with Gasteiger partial charge in [0.05, 0.1) is 10.6 Å². The lowest BCUT2D eigenvalue weighted by Gasteiger charge is -2.27. The van der Waals surface area contributed by atoms with E-state index in [9.17, 15) is 10.1 Å². The molecule has 3 fully saturated rings. The maximum atomic E-state index is 11.0. The smallest absolute Gasteiger partial charge is 0.270 e. The molecule has 8 heteroatoms. The molecule has 0 spiro atoms. The van der Waals surface area contributed by atoms with Gasteiger partial charge in [-0.25, -0.2) is 0 Å². The highest BCUT2D eigenvalue weighted by atomic mass is 16.6. The first-order valence-electron chi connectivity index (χ1n) is 11.3. The number of hydrogen-bond acceptors (Lipinski definition) is 7. The molecule has 8 nitrogen and oxygen atoms in total. The predicted octanol–water partition coefficient (Wildman–Crippen LogP) is 3.60. The number of anilines is 1. The number of hydrogen-bond donors (Lipinski definition) is 1. The van der Waals surface area contributed by atoms with Crippen molar-refractivity contribution in [3.63, 3.8) is 0 Å². The molecular formula is C23H29N5O3. The zero-order valence-electron chi connectivity index (χ0n) is 17.7. The van der Waals surface area contributed by atoms with Crippen LogP contribution in [-0.2, 0) is 4.74 Å². The highest BCUT2D eigenvalue weighted by molar-refractivity contribution is 5.62. The van der Waals surface area contributed by atoms with Gasteiger partial charge in [0.1, 0.15) is 5.82 Å². The van der Waals surface area contributed by atoms with E-state index in [-0.39, 0.29) is 5.69 Å². The van der Waals surface area contributed by atoms with Gasteiger partial charge in [-0.2, -0.15) is 0 Å². The van der Waals surface area contributed by atoms with E-state index < -0.39 is 4.92 Å². The number of nitro groups is 1. The summed E-state index contributed by atoms with van der Waals surface area (Å²) in [4.78, 5) is 13.3. The van der Waals surface area contributed by atoms with E-state index in [4.69, 9.17) is 4.74 Å². The average Bonchev–Trinajstić information content (AvgIpc) is 3.33. The van der Waals surface area contributed by atoms with Gasteiger partial charge in [-0.05, 0) is 55.6 Å². The van der Waals surface area contributed by atoms with Crippen molar-refractivity contribution in [1.29, 1.82) is 0 Å². The molecule has 1 aliphatic carbocycles. The lowest BCUT2D eigenvalue weighted by Crippen LogP contribution is -2.32. The molecule has 1 N–H and O–H groups in total. The van der Waals surface area contributed by atoms with Gasteiger partial charge in [-0.1, -0.05) is 12.1 Å². The van der Waals surface area contributed by atoms with Gasteiger partial charge in [0.2, 0.25) is 0 Å². The second-order valence-electron chi connectivity index (χ2n) is 9.22. The van der Waals surface area contributed by atoms with E-state index >= 15 is 0 Å². The minimum atomic E-state index is -0.394. The minimum Gasteiger partial charge on any atom is -0.381 e. The van der Waals surface area contributed by atoms with E-state index in [1.165, 1.54) is 57.5 Å². The third kappa shape index (κ3) is 4.70. The Kier molecular flexibility index (Phi) is 5.82. The Balaban J connectivity index is 1.14. The first-order chi connectivity index (χ1) is 15.1. The first-order valence-corrected chi connectivity index (χ1v) is 11.3. The zero-order valence-corrected chi connectivity index (χ0v) is 17.7. The van der Waals surface area contributed by atoms with Gasteiger partial charge in [0.15, 0.2) is 0 Å². The Morgan fingerprint density at radius 1 is 1.10 bits per heavy atom. The lowest BCUT2D eigenvalue weighted by atomic mass is 10.00. The van der Waals surface area contributed by atoms with Gasteiger partial charge >= 0.3 is 0 Å². The quantitative estimate of drug-likeness (QED) is 0.560. The molecule has 0 amide bonds. The van der Waals surface area contributed by atoms with E-state index in [2.05, 4.69) is 20.4 Å². The van der Waals surface area contributed by atoms with E-state index in [0.29, 0.717) is 17.3 Å². The minimum absolute atomic E-state index is 0.0601. The van der Waals surface area contributed by atoms with Gasteiger partial charge < -0.3 is 15.0 Å². The Morgan fingerprint density at radius 2 is 1.87 bits per heavy atom. The summed E-state index contributed by atoms with van der Waals surface area (Å²) in [6, 6.07) is 10.7. The highest BCUT2D eigenvalue weighted by Crippen LogP contribution is 2.39. The molecular weight excluding hydrogens is 394 g/mol. The van der Waals surface area contributed by atoms with Crippen LogP contribution in [0.2, 0.25) is 0 Å². The molecule has 2 saturated heterocycles. The van der Waals surface area contributed by atoms with Gasteiger partial charge in [0.25, 0.3) is 5.69 Å². The summed E-state index contributed by atoms with van der Waals surface area (Å²) in [5.41, 5.74) is 1.40. The van der Waals surface area contributed by atoms with Crippen molar-refractivity contribution in [2.45, 2.75) is 31.7 Å². The monoisotopic (exact) mass is 423 g/mol. The second-order valence-corrected chi connectivity index (χ2v) is 9.22. The molecule has 2 unspecified atom stereocenters. The molecule has 5 rings (SSSR count). The number of nitrogens with one attached hydrogen (secondary N) is 1. The van der Waals surface area contributed by atoms with Crippen LogP contribution in [0.15, 0.2) is 36.4 Å². The molecule has 0 radical (unpaired) electrons. The molecule has 1 saturated carbocycles. The predicted molar refractivity (Wildman–Crippen MR) is 118 cm³/mol. The van der Waals surface area contributed by atoms with Crippen LogP contribution < -0.4 is 5.32 Å². The summed E-state index contributed by atoms with van der Waals surface area (Å²) < 4.78 is 5.49. The van der Waals surface area contributed by atoms with Gasteiger partial charge in [0, 0.05) is 56.6 Å². The molecule has 2 aliphatic heterocycles. The van der Waals surface area contributed by atoms with Gasteiger partial charge in [-0.15, -0.1) is 10.2 Å². The largest absolute Gasteiger partial charge is 0.381 e. The fourth-order valence-electron chi connectivity index (χ4n) is 5.51. The van der Waals surface area contributed by atoms with Crippen LogP contribution in [0.25, 0.3) is 11.3 Å². The average molecular weight is 424 g/mol. The number of likely N-dealkylation sites (tertiary alicyclic amines) is 1. The van der Waals surface area contributed by atoms with E-state index in [1.54, 1.807) is 6.07 Å². The number of ether oxygens (including phenoxy) is 1. The SMILES string of the molecule is O=[N+]([O-])c1cccc(-c2ccc(NC3CC4CN(CC5CCOCC5)C[C@H]4C3)nn2)c1. The van der Waals surface area contributed by atoms with Crippen LogP contribution in [0, 0.1) is 27.9 Å². The second kappa shape index (κ2) is 8.88. The number of fused-ring (bicyclic) bond motifs is 1. The van der Waals surface area contributed by atoms with Crippen LogP contribution in [0.1, 0.15) is 25.7 Å². The standard InChI is InChI=1S/C23H29N5O3/c29-28(30)21-3-1-2-17(12-21)22-4-5-23(26-25-22)24-20-10-18-14-27(15-19(18)11-20)13-16-6-8-31-9-7-16/h1-5,12,16,18-20H,6-11,13-15H2,(H,24,26)/t18-,19?,20?/m1/s1. The Labute approximate surface area is 182 Å². The number of aromatic nitrogens is 2. The Hall–Kier alpha value is -2.58. The normalized spacial score (nSPS) is 26.6. The number of rotatable bonds is 6. The molecule has 2 aromatic rings. The lowest BCUT2D eigenvalue weighted by molar-refractivity contribution is -0.384. The van der Waals surface area contributed by atoms with Crippen LogP contribution in [-0.4, -0.2) is 58.9 Å². The molecule has 3 aliphatic rings. The third-order valence-corrected chi connectivity index (χ3v) is 7.05. The number of benzene rings is 1. The maximum absolute atomic E-state index is 11.0. The number of non-ortho nitro benzene ring substituents is 1. The van der Waals surface area contributed by atoms with Crippen LogP contribution in [0.4, 0.5) is 11.5 Å². The van der Waals surface area contributed by atoms with Crippen molar-refractivity contribution in [1.82, 2.24) is 15.1 Å². The van der Waals surface area contributed by atoms with Crippen molar-refractivity contribution in [2.24, 2.45) is 17.8 Å². The summed E-state index contributed by atoms with van der Waals surface area (Å²) >= 11 is 0. The summed E-state index contributed by atoms with van der Waals surface area (Å²) in [6.07, 6.45) is 4.79.